The summed E-state index contributed by atoms with van der Waals surface area (Å²) in [5.41, 5.74) is 4.05. The lowest BCUT2D eigenvalue weighted by Crippen LogP contribution is -2.14. The van der Waals surface area contributed by atoms with Crippen LogP contribution in [0.15, 0.2) is 47.3 Å². The standard InChI is InChI=1S/C20H19FN2O2S/c1-12-5-13(2)7-15(6-12)23-20(25)11-26-10-16-9-19(24)17-8-14(21)3-4-18(17)22-16/h3-9H,10-11H2,1-2H3,(H,22,24)(H,23,25). The van der Waals surface area contributed by atoms with Gasteiger partial charge in [0.25, 0.3) is 0 Å². The van der Waals surface area contributed by atoms with E-state index in [1.54, 1.807) is 6.07 Å². The number of anilines is 1. The van der Waals surface area contributed by atoms with Gasteiger partial charge in [0.1, 0.15) is 5.82 Å². The molecule has 6 heteroatoms. The van der Waals surface area contributed by atoms with Crippen LogP contribution in [0.2, 0.25) is 0 Å². The summed E-state index contributed by atoms with van der Waals surface area (Å²) in [5.74, 6) is 0.234. The molecule has 1 heterocycles. The Bertz CT molecular complexity index is 1010. The number of pyridine rings is 1. The minimum atomic E-state index is -0.437. The van der Waals surface area contributed by atoms with Crippen LogP contribution in [-0.2, 0) is 10.5 Å². The molecule has 0 aliphatic carbocycles. The molecule has 0 aliphatic heterocycles. The fourth-order valence-electron chi connectivity index (χ4n) is 2.85. The normalized spacial score (nSPS) is 10.9. The Balaban J connectivity index is 1.61. The summed E-state index contributed by atoms with van der Waals surface area (Å²) in [4.78, 5) is 27.3. The van der Waals surface area contributed by atoms with Gasteiger partial charge in [-0.1, -0.05) is 6.07 Å². The van der Waals surface area contributed by atoms with Gasteiger partial charge in [-0.15, -0.1) is 11.8 Å². The number of benzene rings is 2. The number of nitrogens with one attached hydrogen (secondary N) is 2. The van der Waals surface area contributed by atoms with E-state index in [4.69, 9.17) is 0 Å². The molecule has 1 amide bonds. The third-order valence-electron chi connectivity index (χ3n) is 3.84. The van der Waals surface area contributed by atoms with E-state index in [0.717, 1.165) is 16.8 Å². The van der Waals surface area contributed by atoms with Gasteiger partial charge in [0, 0.05) is 34.1 Å². The molecule has 3 aromatic rings. The summed E-state index contributed by atoms with van der Waals surface area (Å²) in [5, 5.41) is 3.21. The van der Waals surface area contributed by atoms with E-state index < -0.39 is 5.82 Å². The van der Waals surface area contributed by atoms with Gasteiger partial charge in [0.05, 0.1) is 5.75 Å². The van der Waals surface area contributed by atoms with Crippen molar-refractivity contribution >= 4 is 34.3 Å². The number of aryl methyl sites for hydroxylation is 2. The molecule has 2 aromatic carbocycles. The number of thioether (sulfide) groups is 1. The van der Waals surface area contributed by atoms with Gasteiger partial charge in [-0.05, 0) is 55.3 Å². The van der Waals surface area contributed by atoms with Gasteiger partial charge in [0.15, 0.2) is 5.43 Å². The Morgan fingerprint density at radius 3 is 2.58 bits per heavy atom. The van der Waals surface area contributed by atoms with Gasteiger partial charge >= 0.3 is 0 Å². The van der Waals surface area contributed by atoms with Crippen molar-refractivity contribution in [2.45, 2.75) is 19.6 Å². The molecule has 1 aromatic heterocycles. The maximum Gasteiger partial charge on any atom is 0.234 e. The zero-order chi connectivity index (χ0) is 18.7. The van der Waals surface area contributed by atoms with Crippen molar-refractivity contribution in [1.82, 2.24) is 4.98 Å². The summed E-state index contributed by atoms with van der Waals surface area (Å²) >= 11 is 1.41. The summed E-state index contributed by atoms with van der Waals surface area (Å²) in [6.45, 7) is 3.97. The maximum absolute atomic E-state index is 13.2. The third-order valence-corrected chi connectivity index (χ3v) is 4.83. The molecule has 0 spiro atoms. The van der Waals surface area contributed by atoms with Crippen molar-refractivity contribution in [2.24, 2.45) is 0 Å². The van der Waals surface area contributed by atoms with Gasteiger partial charge in [-0.2, -0.15) is 0 Å². The minimum Gasteiger partial charge on any atom is -0.357 e. The highest BCUT2D eigenvalue weighted by molar-refractivity contribution is 7.99. The molecule has 0 bridgehead atoms. The smallest absolute Gasteiger partial charge is 0.234 e. The van der Waals surface area contributed by atoms with E-state index in [-0.39, 0.29) is 17.1 Å². The Morgan fingerprint density at radius 2 is 1.85 bits per heavy atom. The lowest BCUT2D eigenvalue weighted by Gasteiger charge is -2.08. The van der Waals surface area contributed by atoms with E-state index in [2.05, 4.69) is 10.3 Å². The van der Waals surface area contributed by atoms with Gasteiger partial charge < -0.3 is 10.3 Å². The van der Waals surface area contributed by atoms with Crippen molar-refractivity contribution in [3.05, 3.63) is 75.3 Å². The van der Waals surface area contributed by atoms with E-state index in [9.17, 15) is 14.0 Å². The average Bonchev–Trinajstić information content (AvgIpc) is 2.54. The molecular weight excluding hydrogens is 351 g/mol. The number of H-pyrrole nitrogens is 1. The maximum atomic E-state index is 13.2. The molecule has 0 fully saturated rings. The van der Waals surface area contributed by atoms with Crippen molar-refractivity contribution in [1.29, 1.82) is 0 Å². The number of amides is 1. The number of carbonyl (C=O) groups is 1. The van der Waals surface area contributed by atoms with Crippen LogP contribution in [0.4, 0.5) is 10.1 Å². The highest BCUT2D eigenvalue weighted by Crippen LogP contribution is 2.16. The Kier molecular flexibility index (Phi) is 5.42. The molecule has 26 heavy (non-hydrogen) atoms. The topological polar surface area (TPSA) is 62.0 Å². The van der Waals surface area contributed by atoms with Gasteiger partial charge in [0.2, 0.25) is 5.91 Å². The lowest BCUT2D eigenvalue weighted by molar-refractivity contribution is -0.113. The fourth-order valence-corrected chi connectivity index (χ4v) is 3.58. The Labute approximate surface area is 154 Å². The van der Waals surface area contributed by atoms with Crippen LogP contribution >= 0.6 is 11.8 Å². The van der Waals surface area contributed by atoms with Crippen LogP contribution in [0.5, 0.6) is 0 Å². The summed E-state index contributed by atoms with van der Waals surface area (Å²) in [6, 6.07) is 11.4. The van der Waals surface area contributed by atoms with Crippen LogP contribution in [0.3, 0.4) is 0 Å². The second-order valence-corrected chi connectivity index (χ2v) is 7.25. The van der Waals surface area contributed by atoms with Crippen molar-refractivity contribution in [2.75, 3.05) is 11.1 Å². The minimum absolute atomic E-state index is 0.0924. The number of aromatic amines is 1. The second kappa shape index (κ2) is 7.74. The monoisotopic (exact) mass is 370 g/mol. The van der Waals surface area contributed by atoms with Crippen LogP contribution in [0.25, 0.3) is 10.9 Å². The predicted octanol–water partition coefficient (Wildman–Crippen LogP) is 4.16. The highest BCUT2D eigenvalue weighted by atomic mass is 32.2. The van der Waals surface area contributed by atoms with Crippen LogP contribution in [-0.4, -0.2) is 16.6 Å². The summed E-state index contributed by atoms with van der Waals surface area (Å²) in [6.07, 6.45) is 0. The van der Waals surface area contributed by atoms with Gasteiger partial charge in [-0.3, -0.25) is 9.59 Å². The number of halogens is 1. The van der Waals surface area contributed by atoms with Crippen LogP contribution < -0.4 is 10.7 Å². The fraction of sp³-hybridized carbons (Fsp3) is 0.200. The van der Waals surface area contributed by atoms with E-state index in [0.29, 0.717) is 22.3 Å². The second-order valence-electron chi connectivity index (χ2n) is 6.27. The average molecular weight is 370 g/mol. The number of aromatic nitrogens is 1. The molecule has 3 rings (SSSR count). The molecule has 4 nitrogen and oxygen atoms in total. The van der Waals surface area contributed by atoms with Crippen molar-refractivity contribution in [3.8, 4) is 0 Å². The number of rotatable bonds is 5. The Hall–Kier alpha value is -2.60. The number of hydrogen-bond donors (Lipinski definition) is 2. The number of carbonyl (C=O) groups excluding carboxylic acids is 1. The quantitative estimate of drug-likeness (QED) is 0.709. The molecule has 0 saturated carbocycles. The Morgan fingerprint density at radius 1 is 1.12 bits per heavy atom. The van der Waals surface area contributed by atoms with Crippen molar-refractivity contribution < 1.29 is 9.18 Å². The van der Waals surface area contributed by atoms with E-state index in [1.807, 2.05) is 32.0 Å². The van der Waals surface area contributed by atoms with E-state index in [1.165, 1.54) is 30.0 Å². The molecule has 0 atom stereocenters. The summed E-state index contributed by atoms with van der Waals surface area (Å²) in [7, 11) is 0. The first-order valence-corrected chi connectivity index (χ1v) is 9.33. The zero-order valence-corrected chi connectivity index (χ0v) is 15.4. The highest BCUT2D eigenvalue weighted by Gasteiger charge is 2.07. The van der Waals surface area contributed by atoms with E-state index >= 15 is 0 Å². The first-order valence-electron chi connectivity index (χ1n) is 8.18. The zero-order valence-electron chi connectivity index (χ0n) is 14.6. The first-order chi connectivity index (χ1) is 12.4. The van der Waals surface area contributed by atoms with Gasteiger partial charge in [-0.25, -0.2) is 4.39 Å². The first kappa shape index (κ1) is 18.2. The summed E-state index contributed by atoms with van der Waals surface area (Å²) < 4.78 is 13.2. The van der Waals surface area contributed by atoms with Crippen LogP contribution in [0.1, 0.15) is 16.8 Å². The third kappa shape index (κ3) is 4.52. The number of fused-ring (bicyclic) bond motifs is 1. The SMILES string of the molecule is Cc1cc(C)cc(NC(=O)CSCc2cc(=O)c3cc(F)ccc3[nH]2)c1. The number of hydrogen-bond acceptors (Lipinski definition) is 3. The molecule has 0 aliphatic rings. The predicted molar refractivity (Wildman–Crippen MR) is 105 cm³/mol. The molecule has 0 saturated heterocycles. The molecule has 0 unspecified atom stereocenters. The molecule has 134 valence electrons. The molecule has 0 radical (unpaired) electrons. The van der Waals surface area contributed by atoms with Crippen molar-refractivity contribution in [3.63, 3.8) is 0 Å². The largest absolute Gasteiger partial charge is 0.357 e. The molecular formula is C20H19FN2O2S. The lowest BCUT2D eigenvalue weighted by atomic mass is 10.1. The van der Waals surface area contributed by atoms with Crippen LogP contribution in [0, 0.1) is 19.7 Å². The molecule has 2 N–H and O–H groups in total.